The maximum Gasteiger partial charge on any atom is 0.270 e. The number of carbonyl (C=O) groups is 2. The number of amides is 2. The van der Waals surface area contributed by atoms with E-state index >= 15 is 0 Å². The third-order valence-corrected chi connectivity index (χ3v) is 2.17. The topological polar surface area (TPSA) is 118 Å². The normalized spacial score (nSPS) is 9.79. The summed E-state index contributed by atoms with van der Waals surface area (Å²) in [4.78, 5) is 27.0. The number of aromatic nitrogens is 1. The number of anilines is 1. The molecule has 0 unspecified atom stereocenters. The summed E-state index contributed by atoms with van der Waals surface area (Å²) in [6.07, 6.45) is 0. The van der Waals surface area contributed by atoms with Gasteiger partial charge in [-0.05, 0) is 12.1 Å². The second kappa shape index (κ2) is 8.01. The molecule has 0 radical (unpaired) electrons. The zero-order valence-electron chi connectivity index (χ0n) is 10.6. The molecular weight excluding hydrogens is 250 g/mol. The number of nitrogens with zero attached hydrogens (tertiary/aromatic N) is 1. The first-order chi connectivity index (χ1) is 9.17. The molecule has 1 heterocycles. The van der Waals surface area contributed by atoms with Crippen LogP contribution in [0, 0.1) is 0 Å². The van der Waals surface area contributed by atoms with Crippen molar-refractivity contribution < 1.29 is 14.3 Å². The number of hydrogen-bond acceptors (Lipinski definition) is 6. The SMILES string of the molecule is COCCNC(=O)CNC(=O)c1cccc(NN)n1. The van der Waals surface area contributed by atoms with Gasteiger partial charge in [0.25, 0.3) is 5.91 Å². The van der Waals surface area contributed by atoms with E-state index in [4.69, 9.17) is 10.6 Å². The molecule has 8 heteroatoms. The Morgan fingerprint density at radius 3 is 2.84 bits per heavy atom. The molecule has 1 aromatic heterocycles. The van der Waals surface area contributed by atoms with Crippen LogP contribution in [0.5, 0.6) is 0 Å². The van der Waals surface area contributed by atoms with Crippen LogP contribution in [0.4, 0.5) is 5.82 Å². The minimum atomic E-state index is -0.445. The Bertz CT molecular complexity index is 438. The highest BCUT2D eigenvalue weighted by molar-refractivity contribution is 5.95. The van der Waals surface area contributed by atoms with Crippen LogP contribution in [0.15, 0.2) is 18.2 Å². The number of pyridine rings is 1. The predicted octanol–water partition coefficient (Wildman–Crippen LogP) is -1.14. The van der Waals surface area contributed by atoms with Crippen molar-refractivity contribution in [1.82, 2.24) is 15.6 Å². The zero-order valence-corrected chi connectivity index (χ0v) is 10.6. The molecule has 0 saturated carbocycles. The van der Waals surface area contributed by atoms with Gasteiger partial charge in [-0.1, -0.05) is 6.07 Å². The van der Waals surface area contributed by atoms with Crippen LogP contribution in [0.1, 0.15) is 10.5 Å². The maximum atomic E-state index is 11.7. The second-order valence-electron chi connectivity index (χ2n) is 3.58. The molecule has 0 fully saturated rings. The van der Waals surface area contributed by atoms with Gasteiger partial charge in [-0.2, -0.15) is 0 Å². The molecule has 0 aromatic carbocycles. The molecule has 5 N–H and O–H groups in total. The van der Waals surface area contributed by atoms with Crippen LogP contribution in [-0.4, -0.2) is 43.6 Å². The van der Waals surface area contributed by atoms with Crippen molar-refractivity contribution in [3.8, 4) is 0 Å². The summed E-state index contributed by atoms with van der Waals surface area (Å²) in [5.41, 5.74) is 2.52. The smallest absolute Gasteiger partial charge is 0.270 e. The fraction of sp³-hybridized carbons (Fsp3) is 0.364. The Morgan fingerprint density at radius 1 is 1.37 bits per heavy atom. The van der Waals surface area contributed by atoms with Gasteiger partial charge in [0.1, 0.15) is 11.5 Å². The standard InChI is InChI=1S/C11H17N5O3/c1-19-6-5-13-10(17)7-14-11(18)8-3-2-4-9(15-8)16-12/h2-4H,5-7,12H2,1H3,(H,13,17)(H,14,18)(H,15,16). The van der Waals surface area contributed by atoms with Gasteiger partial charge in [-0.3, -0.25) is 9.59 Å². The fourth-order valence-electron chi connectivity index (χ4n) is 1.25. The van der Waals surface area contributed by atoms with Crippen molar-refractivity contribution in [3.05, 3.63) is 23.9 Å². The Balaban J connectivity index is 2.40. The molecule has 0 spiro atoms. The summed E-state index contributed by atoms with van der Waals surface area (Å²) in [5.74, 6) is 4.82. The molecule has 1 rings (SSSR count). The minimum absolute atomic E-state index is 0.121. The number of nitrogens with two attached hydrogens (primary N) is 1. The van der Waals surface area contributed by atoms with Gasteiger partial charge in [0.15, 0.2) is 0 Å². The minimum Gasteiger partial charge on any atom is -0.383 e. The molecular formula is C11H17N5O3. The van der Waals surface area contributed by atoms with E-state index in [0.717, 1.165) is 0 Å². The number of nitrogens with one attached hydrogen (secondary N) is 3. The van der Waals surface area contributed by atoms with Crippen molar-refractivity contribution in [2.75, 3.05) is 32.2 Å². The lowest BCUT2D eigenvalue weighted by Crippen LogP contribution is -2.38. The summed E-state index contributed by atoms with van der Waals surface area (Å²) in [7, 11) is 1.54. The van der Waals surface area contributed by atoms with Gasteiger partial charge in [0, 0.05) is 13.7 Å². The molecule has 8 nitrogen and oxygen atoms in total. The average molecular weight is 267 g/mol. The monoisotopic (exact) mass is 267 g/mol. The average Bonchev–Trinajstić information content (AvgIpc) is 2.45. The highest BCUT2D eigenvalue weighted by atomic mass is 16.5. The molecule has 19 heavy (non-hydrogen) atoms. The third-order valence-electron chi connectivity index (χ3n) is 2.17. The quantitative estimate of drug-likeness (QED) is 0.282. The van der Waals surface area contributed by atoms with Crippen molar-refractivity contribution in [2.45, 2.75) is 0 Å². The number of nitrogen functional groups attached to an aromatic ring is 1. The van der Waals surface area contributed by atoms with Crippen molar-refractivity contribution in [1.29, 1.82) is 0 Å². The van der Waals surface area contributed by atoms with Gasteiger partial charge in [0.2, 0.25) is 5.91 Å². The lowest BCUT2D eigenvalue weighted by atomic mass is 10.3. The number of rotatable bonds is 7. The molecule has 0 aliphatic heterocycles. The number of methoxy groups -OCH3 is 1. The summed E-state index contributed by atoms with van der Waals surface area (Å²) in [6, 6.07) is 4.78. The van der Waals surface area contributed by atoms with Gasteiger partial charge in [0.05, 0.1) is 13.2 Å². The molecule has 0 atom stereocenters. The molecule has 0 aliphatic carbocycles. The number of ether oxygens (including phenoxy) is 1. The summed E-state index contributed by atoms with van der Waals surface area (Å²) < 4.78 is 4.78. The van der Waals surface area contributed by atoms with Crippen LogP contribution in [-0.2, 0) is 9.53 Å². The van der Waals surface area contributed by atoms with Crippen molar-refractivity contribution >= 4 is 17.6 Å². The van der Waals surface area contributed by atoms with E-state index in [-0.39, 0.29) is 18.1 Å². The molecule has 1 aromatic rings. The Hall–Kier alpha value is -2.19. The van der Waals surface area contributed by atoms with E-state index < -0.39 is 5.91 Å². The first-order valence-corrected chi connectivity index (χ1v) is 5.65. The number of hydrogen-bond donors (Lipinski definition) is 4. The predicted molar refractivity (Wildman–Crippen MR) is 69.3 cm³/mol. The number of carbonyl (C=O) groups excluding carboxylic acids is 2. The zero-order chi connectivity index (χ0) is 14.1. The van der Waals surface area contributed by atoms with E-state index in [1.807, 2.05) is 0 Å². The van der Waals surface area contributed by atoms with Gasteiger partial charge < -0.3 is 20.8 Å². The summed E-state index contributed by atoms with van der Waals surface area (Å²) in [5, 5.41) is 5.04. The summed E-state index contributed by atoms with van der Waals surface area (Å²) in [6.45, 7) is 0.700. The van der Waals surface area contributed by atoms with Gasteiger partial charge in [-0.25, -0.2) is 10.8 Å². The second-order valence-corrected chi connectivity index (χ2v) is 3.58. The maximum absolute atomic E-state index is 11.7. The van der Waals surface area contributed by atoms with E-state index in [2.05, 4.69) is 21.0 Å². The summed E-state index contributed by atoms with van der Waals surface area (Å²) >= 11 is 0. The molecule has 0 bridgehead atoms. The Morgan fingerprint density at radius 2 is 2.16 bits per heavy atom. The Kier molecular flexibility index (Phi) is 6.27. The van der Waals surface area contributed by atoms with Crippen LogP contribution in [0.2, 0.25) is 0 Å². The van der Waals surface area contributed by atoms with Crippen LogP contribution in [0.3, 0.4) is 0 Å². The van der Waals surface area contributed by atoms with Crippen LogP contribution >= 0.6 is 0 Å². The van der Waals surface area contributed by atoms with Crippen LogP contribution in [0.25, 0.3) is 0 Å². The van der Waals surface area contributed by atoms with Crippen molar-refractivity contribution in [2.24, 2.45) is 5.84 Å². The van der Waals surface area contributed by atoms with E-state index in [1.165, 1.54) is 13.2 Å². The van der Waals surface area contributed by atoms with E-state index in [0.29, 0.717) is 19.0 Å². The molecule has 104 valence electrons. The first kappa shape index (κ1) is 14.9. The molecule has 0 aliphatic rings. The van der Waals surface area contributed by atoms with E-state index in [1.54, 1.807) is 12.1 Å². The Labute approximate surface area is 110 Å². The number of hydrazine groups is 1. The van der Waals surface area contributed by atoms with Crippen molar-refractivity contribution in [3.63, 3.8) is 0 Å². The van der Waals surface area contributed by atoms with Crippen LogP contribution < -0.4 is 21.9 Å². The largest absolute Gasteiger partial charge is 0.383 e. The first-order valence-electron chi connectivity index (χ1n) is 5.65. The molecule has 2 amide bonds. The molecule has 0 saturated heterocycles. The highest BCUT2D eigenvalue weighted by Crippen LogP contribution is 2.02. The van der Waals surface area contributed by atoms with Gasteiger partial charge >= 0.3 is 0 Å². The van der Waals surface area contributed by atoms with E-state index in [9.17, 15) is 9.59 Å². The lowest BCUT2D eigenvalue weighted by molar-refractivity contribution is -0.120. The highest BCUT2D eigenvalue weighted by Gasteiger charge is 2.09. The third kappa shape index (κ3) is 5.32. The van der Waals surface area contributed by atoms with Gasteiger partial charge in [-0.15, -0.1) is 0 Å². The lowest BCUT2D eigenvalue weighted by Gasteiger charge is -2.07. The fourth-order valence-corrected chi connectivity index (χ4v) is 1.25.